The van der Waals surface area contributed by atoms with Crippen LogP contribution in [0.25, 0.3) is 0 Å². The molecule has 2 atom stereocenters. The van der Waals surface area contributed by atoms with Crippen LogP contribution < -0.4 is 5.73 Å². The van der Waals surface area contributed by atoms with Gasteiger partial charge in [-0.05, 0) is 24.3 Å². The Morgan fingerprint density at radius 2 is 2.05 bits per heavy atom. The number of hydrogen-bond acceptors (Lipinski definition) is 3. The van der Waals surface area contributed by atoms with Gasteiger partial charge in [-0.3, -0.25) is 0 Å². The molecule has 0 aliphatic heterocycles. The third-order valence-electron chi connectivity index (χ3n) is 4.13. The zero-order chi connectivity index (χ0) is 14.8. The summed E-state index contributed by atoms with van der Waals surface area (Å²) in [6.45, 7) is 9.95. The molecular weight excluding hydrogens is 259 g/mol. The molecule has 1 aliphatic carbocycles. The van der Waals surface area contributed by atoms with Crippen molar-refractivity contribution in [2.75, 3.05) is 5.73 Å². The minimum absolute atomic E-state index is 0.151. The highest BCUT2D eigenvalue weighted by Crippen LogP contribution is 2.50. The van der Waals surface area contributed by atoms with Crippen molar-refractivity contribution in [2.24, 2.45) is 5.92 Å². The largest absolute Gasteiger partial charge is 0.389 e. The normalized spacial score (nSPS) is 25.3. The fraction of sp³-hybridized carbons (Fsp3) is 0.667. The molecule has 106 valence electrons. The highest BCUT2D eigenvalue weighted by molar-refractivity contribution is 7.16. The number of aryl methyl sites for hydroxylation is 1. The van der Waals surface area contributed by atoms with Crippen LogP contribution in [-0.4, -0.2) is 6.17 Å². The van der Waals surface area contributed by atoms with Gasteiger partial charge in [-0.1, -0.05) is 34.6 Å². The van der Waals surface area contributed by atoms with Crippen molar-refractivity contribution < 1.29 is 4.39 Å². The number of nitriles is 1. The van der Waals surface area contributed by atoms with E-state index in [1.807, 2.05) is 34.6 Å². The lowest BCUT2D eigenvalue weighted by Crippen LogP contribution is -2.42. The average molecular weight is 282 g/mol. The molecule has 0 saturated carbocycles. The fourth-order valence-corrected chi connectivity index (χ4v) is 3.88. The summed E-state index contributed by atoms with van der Waals surface area (Å²) in [4.78, 5) is 1.10. The summed E-state index contributed by atoms with van der Waals surface area (Å²) in [5, 5.41) is 9.76. The standard InChI is InChI=1S/C13H17FN2S.C2H6/c1-7(2)13(3)10(14)5-4-9-11(13)8(6-15)12(16)17-9;1-2/h7,10H,4-5,16H2,1-3H3;1-2H3. The minimum Gasteiger partial charge on any atom is -0.389 e. The van der Waals surface area contributed by atoms with E-state index in [4.69, 9.17) is 5.73 Å². The Bertz CT molecular complexity index is 487. The second kappa shape index (κ2) is 5.92. The molecule has 1 aromatic heterocycles. The molecule has 2 nitrogen and oxygen atoms in total. The van der Waals surface area contributed by atoms with Crippen molar-refractivity contribution in [1.82, 2.24) is 0 Å². The van der Waals surface area contributed by atoms with Crippen LogP contribution >= 0.6 is 11.3 Å². The summed E-state index contributed by atoms with van der Waals surface area (Å²) in [6, 6.07) is 2.15. The van der Waals surface area contributed by atoms with E-state index in [2.05, 4.69) is 6.07 Å². The summed E-state index contributed by atoms with van der Waals surface area (Å²) in [5.41, 5.74) is 6.67. The van der Waals surface area contributed by atoms with Crippen LogP contribution in [0.1, 0.15) is 57.0 Å². The highest BCUT2D eigenvalue weighted by Gasteiger charge is 2.46. The molecule has 1 aromatic rings. The lowest BCUT2D eigenvalue weighted by atomic mass is 9.65. The number of hydrogen-bond donors (Lipinski definition) is 1. The third-order valence-corrected chi connectivity index (χ3v) is 5.21. The van der Waals surface area contributed by atoms with Crippen LogP contribution in [0.4, 0.5) is 9.39 Å². The Kier molecular flexibility index (Phi) is 4.98. The van der Waals surface area contributed by atoms with E-state index in [9.17, 15) is 9.65 Å². The number of halogens is 1. The Morgan fingerprint density at radius 1 is 1.47 bits per heavy atom. The first-order chi connectivity index (χ1) is 8.92. The molecular formula is C15H23FN2S. The number of rotatable bonds is 1. The predicted molar refractivity (Wildman–Crippen MR) is 80.2 cm³/mol. The van der Waals surface area contributed by atoms with E-state index < -0.39 is 11.6 Å². The minimum atomic E-state index is -0.893. The Labute approximate surface area is 119 Å². The van der Waals surface area contributed by atoms with E-state index in [1.165, 1.54) is 11.3 Å². The molecule has 2 unspecified atom stereocenters. The first-order valence-electron chi connectivity index (χ1n) is 6.88. The molecule has 0 saturated heterocycles. The lowest BCUT2D eigenvalue weighted by Gasteiger charge is -2.41. The van der Waals surface area contributed by atoms with Crippen molar-refractivity contribution in [1.29, 1.82) is 5.26 Å². The topological polar surface area (TPSA) is 49.8 Å². The van der Waals surface area contributed by atoms with Gasteiger partial charge in [-0.15, -0.1) is 11.3 Å². The van der Waals surface area contributed by atoms with Crippen molar-refractivity contribution in [2.45, 2.75) is 59.0 Å². The van der Waals surface area contributed by atoms with E-state index in [1.54, 1.807) is 0 Å². The zero-order valence-electron chi connectivity index (χ0n) is 12.4. The number of nitrogens with two attached hydrogens (primary N) is 1. The number of nitrogens with zero attached hydrogens (tertiary/aromatic N) is 1. The van der Waals surface area contributed by atoms with Gasteiger partial charge in [0.05, 0.1) is 5.56 Å². The quantitative estimate of drug-likeness (QED) is 0.828. The van der Waals surface area contributed by atoms with Crippen LogP contribution in [0, 0.1) is 17.2 Å². The van der Waals surface area contributed by atoms with E-state index in [0.29, 0.717) is 23.4 Å². The van der Waals surface area contributed by atoms with Gasteiger partial charge in [0.1, 0.15) is 17.2 Å². The molecule has 4 heteroatoms. The van der Waals surface area contributed by atoms with Gasteiger partial charge >= 0.3 is 0 Å². The SMILES string of the molecule is CC.CC(C)C1(C)c2c(sc(N)c2C#N)CCC1F. The molecule has 2 rings (SSSR count). The van der Waals surface area contributed by atoms with Crippen LogP contribution in [0.15, 0.2) is 0 Å². The van der Waals surface area contributed by atoms with Crippen molar-refractivity contribution in [3.8, 4) is 6.07 Å². The number of nitrogen functional groups attached to an aromatic ring is 1. The Morgan fingerprint density at radius 3 is 2.53 bits per heavy atom. The first kappa shape index (κ1) is 16.0. The van der Waals surface area contributed by atoms with Gasteiger partial charge < -0.3 is 5.73 Å². The lowest BCUT2D eigenvalue weighted by molar-refractivity contribution is 0.131. The summed E-state index contributed by atoms with van der Waals surface area (Å²) in [6.07, 6.45) is 0.345. The van der Waals surface area contributed by atoms with Crippen molar-refractivity contribution in [3.05, 3.63) is 16.0 Å². The van der Waals surface area contributed by atoms with Crippen molar-refractivity contribution >= 4 is 16.3 Å². The molecule has 0 bridgehead atoms. The Balaban J connectivity index is 0.000000861. The van der Waals surface area contributed by atoms with Gasteiger partial charge in [-0.2, -0.15) is 5.26 Å². The number of fused-ring (bicyclic) bond motifs is 1. The molecule has 2 N–H and O–H groups in total. The number of alkyl halides is 1. The average Bonchev–Trinajstić information content (AvgIpc) is 2.73. The molecule has 0 fully saturated rings. The molecule has 1 heterocycles. The van der Waals surface area contributed by atoms with Crippen LogP contribution in [0.5, 0.6) is 0 Å². The fourth-order valence-electron chi connectivity index (χ4n) is 2.72. The summed E-state index contributed by atoms with van der Waals surface area (Å²) in [7, 11) is 0. The zero-order valence-corrected chi connectivity index (χ0v) is 13.2. The second-order valence-corrected chi connectivity index (χ2v) is 6.33. The molecule has 19 heavy (non-hydrogen) atoms. The summed E-state index contributed by atoms with van der Waals surface area (Å²) >= 11 is 1.45. The van der Waals surface area contributed by atoms with Gasteiger partial charge in [0.2, 0.25) is 0 Å². The van der Waals surface area contributed by atoms with Crippen molar-refractivity contribution in [3.63, 3.8) is 0 Å². The Hall–Kier alpha value is -1.08. The molecule has 1 aliphatic rings. The summed E-state index contributed by atoms with van der Waals surface area (Å²) < 4.78 is 14.3. The number of thiophene rings is 1. The predicted octanol–water partition coefficient (Wildman–Crippen LogP) is 4.43. The van der Waals surface area contributed by atoms with Gasteiger partial charge in [-0.25, -0.2) is 4.39 Å². The van der Waals surface area contributed by atoms with E-state index in [0.717, 1.165) is 10.4 Å². The molecule has 0 aromatic carbocycles. The third kappa shape index (κ3) is 2.36. The summed E-state index contributed by atoms with van der Waals surface area (Å²) in [5.74, 6) is 0.151. The van der Waals surface area contributed by atoms with E-state index in [-0.39, 0.29) is 5.92 Å². The van der Waals surface area contributed by atoms with E-state index >= 15 is 0 Å². The monoisotopic (exact) mass is 282 g/mol. The van der Waals surface area contributed by atoms with Crippen LogP contribution in [-0.2, 0) is 11.8 Å². The van der Waals surface area contributed by atoms with Gasteiger partial charge in [0.25, 0.3) is 0 Å². The highest BCUT2D eigenvalue weighted by atomic mass is 32.1. The van der Waals surface area contributed by atoms with Gasteiger partial charge in [0.15, 0.2) is 0 Å². The molecule has 0 radical (unpaired) electrons. The molecule has 0 amide bonds. The van der Waals surface area contributed by atoms with Crippen LogP contribution in [0.3, 0.4) is 0 Å². The van der Waals surface area contributed by atoms with Gasteiger partial charge in [0, 0.05) is 10.3 Å². The first-order valence-corrected chi connectivity index (χ1v) is 7.70. The number of anilines is 1. The smallest absolute Gasteiger partial charge is 0.110 e. The van der Waals surface area contributed by atoms with Crippen LogP contribution in [0.2, 0.25) is 0 Å². The maximum atomic E-state index is 14.3. The maximum absolute atomic E-state index is 14.3. The molecule has 0 spiro atoms. The second-order valence-electron chi connectivity index (χ2n) is 5.19. The maximum Gasteiger partial charge on any atom is 0.110 e.